The van der Waals surface area contributed by atoms with Crippen LogP contribution in [0, 0.1) is 5.82 Å². The number of phenolic OH excluding ortho intramolecular Hbond substituents is 1. The SMILES string of the molecule is COCCN(C)C(=O)c1c2c(c(O)c3ncc(Cc4ccc(F)cc4)cc13)C(=O)N(C)C2. The van der Waals surface area contributed by atoms with Crippen LogP contribution in [0.2, 0.25) is 0 Å². The summed E-state index contributed by atoms with van der Waals surface area (Å²) in [6.45, 7) is 0.964. The number of hydrogen-bond acceptors (Lipinski definition) is 5. The lowest BCUT2D eigenvalue weighted by Crippen LogP contribution is -2.31. The van der Waals surface area contributed by atoms with Crippen LogP contribution in [0.3, 0.4) is 0 Å². The second kappa shape index (κ2) is 8.55. The van der Waals surface area contributed by atoms with Crippen molar-refractivity contribution in [3.63, 3.8) is 0 Å². The number of carbonyl (C=O) groups excluding carboxylic acids is 2. The molecule has 0 atom stereocenters. The summed E-state index contributed by atoms with van der Waals surface area (Å²) in [5.74, 6) is -1.14. The number of benzene rings is 2. The standard InChI is InChI=1S/C24H24FN3O4/c1-27(8-9-32-3)23(30)19-17-11-15(10-14-4-6-16(25)7-5-14)12-26-21(17)22(29)20-18(19)13-28(2)24(20)31/h4-7,11-12,29H,8-10,13H2,1-3H3. The fourth-order valence-corrected chi connectivity index (χ4v) is 4.02. The number of pyridine rings is 1. The predicted molar refractivity (Wildman–Crippen MR) is 117 cm³/mol. The van der Waals surface area contributed by atoms with Crippen LogP contribution in [-0.2, 0) is 17.7 Å². The Labute approximate surface area is 185 Å². The van der Waals surface area contributed by atoms with E-state index in [1.54, 1.807) is 39.5 Å². The lowest BCUT2D eigenvalue weighted by atomic mass is 9.94. The number of aromatic nitrogens is 1. The smallest absolute Gasteiger partial charge is 0.258 e. The fourth-order valence-electron chi connectivity index (χ4n) is 4.02. The molecule has 0 saturated carbocycles. The van der Waals surface area contributed by atoms with Crippen LogP contribution in [0.25, 0.3) is 10.9 Å². The number of rotatable bonds is 6. The van der Waals surface area contributed by atoms with E-state index in [0.29, 0.717) is 36.1 Å². The first-order valence-corrected chi connectivity index (χ1v) is 10.2. The minimum absolute atomic E-state index is 0.127. The average Bonchev–Trinajstić information content (AvgIpc) is 3.07. The number of amides is 2. The number of aromatic hydroxyl groups is 1. The highest BCUT2D eigenvalue weighted by Crippen LogP contribution is 2.40. The van der Waals surface area contributed by atoms with Gasteiger partial charge in [-0.1, -0.05) is 12.1 Å². The largest absolute Gasteiger partial charge is 0.505 e. The van der Waals surface area contributed by atoms with Gasteiger partial charge in [-0.05, 0) is 35.7 Å². The van der Waals surface area contributed by atoms with Crippen LogP contribution in [0.4, 0.5) is 4.39 Å². The summed E-state index contributed by atoms with van der Waals surface area (Å²) in [6.07, 6.45) is 2.08. The minimum Gasteiger partial charge on any atom is -0.505 e. The Morgan fingerprint density at radius 2 is 2.00 bits per heavy atom. The molecule has 1 aromatic heterocycles. The first-order valence-electron chi connectivity index (χ1n) is 10.2. The quantitative estimate of drug-likeness (QED) is 0.641. The van der Waals surface area contributed by atoms with Gasteiger partial charge in [-0.2, -0.15) is 0 Å². The molecule has 1 N–H and O–H groups in total. The summed E-state index contributed by atoms with van der Waals surface area (Å²) in [6, 6.07) is 7.98. The fraction of sp³-hybridized carbons (Fsp3) is 0.292. The van der Waals surface area contributed by atoms with Crippen LogP contribution in [0.1, 0.15) is 37.4 Å². The molecule has 3 aromatic rings. The van der Waals surface area contributed by atoms with Gasteiger partial charge in [-0.3, -0.25) is 14.6 Å². The van der Waals surface area contributed by atoms with E-state index in [-0.39, 0.29) is 41.0 Å². The van der Waals surface area contributed by atoms with Gasteiger partial charge >= 0.3 is 0 Å². The maximum Gasteiger partial charge on any atom is 0.258 e. The minimum atomic E-state index is -0.342. The van der Waals surface area contributed by atoms with Crippen LogP contribution >= 0.6 is 0 Å². The molecular weight excluding hydrogens is 413 g/mol. The Balaban J connectivity index is 1.88. The molecule has 1 aliphatic heterocycles. The molecule has 0 fully saturated rings. The van der Waals surface area contributed by atoms with Gasteiger partial charge in [0.1, 0.15) is 11.3 Å². The molecule has 4 rings (SSSR count). The molecule has 0 bridgehead atoms. The second-order valence-electron chi connectivity index (χ2n) is 8.00. The third-order valence-corrected chi connectivity index (χ3v) is 5.75. The number of halogens is 1. The van der Waals surface area contributed by atoms with Crippen LogP contribution in [0.5, 0.6) is 5.75 Å². The molecule has 8 heteroatoms. The Morgan fingerprint density at radius 1 is 1.28 bits per heavy atom. The Kier molecular flexibility index (Phi) is 5.80. The van der Waals surface area contributed by atoms with Crippen molar-refractivity contribution in [2.24, 2.45) is 0 Å². The van der Waals surface area contributed by atoms with E-state index < -0.39 is 0 Å². The maximum atomic E-state index is 13.4. The van der Waals surface area contributed by atoms with Crippen LogP contribution in [0.15, 0.2) is 36.5 Å². The topological polar surface area (TPSA) is 83.0 Å². The van der Waals surface area contributed by atoms with E-state index in [1.807, 2.05) is 6.07 Å². The highest BCUT2D eigenvalue weighted by Gasteiger charge is 2.35. The van der Waals surface area contributed by atoms with Crippen molar-refractivity contribution >= 4 is 22.7 Å². The molecule has 0 aliphatic carbocycles. The van der Waals surface area contributed by atoms with Crippen molar-refractivity contribution in [3.8, 4) is 5.75 Å². The van der Waals surface area contributed by atoms with E-state index in [4.69, 9.17) is 4.74 Å². The lowest BCUT2D eigenvalue weighted by molar-refractivity contribution is 0.0742. The monoisotopic (exact) mass is 437 g/mol. The van der Waals surface area contributed by atoms with Gasteiger partial charge in [0, 0.05) is 51.4 Å². The van der Waals surface area contributed by atoms with Crippen molar-refractivity contribution in [1.82, 2.24) is 14.8 Å². The number of carbonyl (C=O) groups is 2. The summed E-state index contributed by atoms with van der Waals surface area (Å²) >= 11 is 0. The Morgan fingerprint density at radius 3 is 2.69 bits per heavy atom. The molecule has 2 heterocycles. The number of hydrogen-bond donors (Lipinski definition) is 1. The Hall–Kier alpha value is -3.52. The number of ether oxygens (including phenoxy) is 1. The van der Waals surface area contributed by atoms with Gasteiger partial charge in [0.25, 0.3) is 11.8 Å². The van der Waals surface area contributed by atoms with Crippen molar-refractivity contribution in [2.45, 2.75) is 13.0 Å². The number of nitrogens with zero attached hydrogens (tertiary/aromatic N) is 3. The predicted octanol–water partition coefficient (Wildman–Crippen LogP) is 2.97. The summed E-state index contributed by atoms with van der Waals surface area (Å²) in [5, 5.41) is 11.3. The first kappa shape index (κ1) is 21.7. The van der Waals surface area contributed by atoms with E-state index >= 15 is 0 Å². The zero-order valence-electron chi connectivity index (χ0n) is 18.2. The third-order valence-electron chi connectivity index (χ3n) is 5.75. The van der Waals surface area contributed by atoms with E-state index in [2.05, 4.69) is 4.98 Å². The van der Waals surface area contributed by atoms with E-state index in [1.165, 1.54) is 21.9 Å². The molecule has 1 aliphatic rings. The number of likely N-dealkylation sites (N-methyl/N-ethyl adjacent to an activating group) is 1. The molecule has 0 unspecified atom stereocenters. The maximum absolute atomic E-state index is 13.4. The van der Waals surface area contributed by atoms with Crippen molar-refractivity contribution in [3.05, 3.63) is 70.2 Å². The molecule has 32 heavy (non-hydrogen) atoms. The molecule has 0 spiro atoms. The van der Waals surface area contributed by atoms with Gasteiger partial charge < -0.3 is 19.6 Å². The number of phenols is 1. The summed E-state index contributed by atoms with van der Waals surface area (Å²) in [5.41, 5.74) is 2.88. The molecular formula is C24H24FN3O4. The van der Waals surface area contributed by atoms with Gasteiger partial charge in [0.15, 0.2) is 5.75 Å². The van der Waals surface area contributed by atoms with Crippen LogP contribution < -0.4 is 0 Å². The highest BCUT2D eigenvalue weighted by atomic mass is 19.1. The summed E-state index contributed by atoms with van der Waals surface area (Å²) in [7, 11) is 4.86. The summed E-state index contributed by atoms with van der Waals surface area (Å²) < 4.78 is 18.3. The zero-order valence-corrected chi connectivity index (χ0v) is 18.2. The van der Waals surface area contributed by atoms with Gasteiger partial charge in [-0.25, -0.2) is 4.39 Å². The number of methoxy groups -OCH3 is 1. The van der Waals surface area contributed by atoms with Gasteiger partial charge in [-0.15, -0.1) is 0 Å². The van der Waals surface area contributed by atoms with Gasteiger partial charge in [0.2, 0.25) is 0 Å². The molecule has 0 saturated heterocycles. The first-order chi connectivity index (χ1) is 15.3. The molecule has 7 nitrogen and oxygen atoms in total. The lowest BCUT2D eigenvalue weighted by Gasteiger charge is -2.20. The van der Waals surface area contributed by atoms with Gasteiger partial charge in [0.05, 0.1) is 17.7 Å². The molecule has 2 amide bonds. The molecule has 2 aromatic carbocycles. The van der Waals surface area contributed by atoms with Crippen molar-refractivity contribution in [1.29, 1.82) is 0 Å². The van der Waals surface area contributed by atoms with Crippen molar-refractivity contribution in [2.75, 3.05) is 34.4 Å². The molecule has 166 valence electrons. The van der Waals surface area contributed by atoms with Crippen LogP contribution in [-0.4, -0.2) is 66.1 Å². The normalized spacial score (nSPS) is 13.0. The average molecular weight is 437 g/mol. The summed E-state index contributed by atoms with van der Waals surface area (Å²) in [4.78, 5) is 33.5. The zero-order chi connectivity index (χ0) is 23.0. The second-order valence-corrected chi connectivity index (χ2v) is 8.00. The Bertz CT molecular complexity index is 1210. The third kappa shape index (κ3) is 3.78. The molecule has 0 radical (unpaired) electrons. The van der Waals surface area contributed by atoms with E-state index in [0.717, 1.165) is 11.1 Å². The highest BCUT2D eigenvalue weighted by molar-refractivity contribution is 6.15. The van der Waals surface area contributed by atoms with E-state index in [9.17, 15) is 19.1 Å². The number of fused-ring (bicyclic) bond motifs is 2. The van der Waals surface area contributed by atoms with Crippen molar-refractivity contribution < 1.29 is 23.8 Å².